The Kier molecular flexibility index (Phi) is 7.19. The van der Waals surface area contributed by atoms with E-state index in [2.05, 4.69) is 32.2 Å². The summed E-state index contributed by atoms with van der Waals surface area (Å²) in [5.41, 5.74) is 0. The van der Waals surface area contributed by atoms with Crippen LogP contribution in [0.4, 0.5) is 0 Å². The molecule has 3 nitrogen and oxygen atoms in total. The molecule has 2 heterocycles. The summed E-state index contributed by atoms with van der Waals surface area (Å²) in [5.74, 6) is 1.94. The Labute approximate surface area is 135 Å². The molecule has 0 aromatic carbocycles. The number of rotatable bonds is 3. The Balaban J connectivity index is 0.000000902. The molecule has 1 saturated carbocycles. The van der Waals surface area contributed by atoms with Crippen molar-refractivity contribution in [1.82, 2.24) is 10.2 Å². The van der Waals surface area contributed by atoms with Crippen LogP contribution in [-0.2, 0) is 0 Å². The molecule has 3 rings (SSSR count). The third kappa shape index (κ3) is 3.88. The number of hydrogen-bond donors (Lipinski definition) is 1. The first kappa shape index (κ1) is 17.3. The molecule has 6 heteroatoms. The summed E-state index contributed by atoms with van der Waals surface area (Å²) < 4.78 is 6.66. The predicted octanol–water partition coefficient (Wildman–Crippen LogP) is 3.63. The van der Waals surface area contributed by atoms with Gasteiger partial charge in [0.2, 0.25) is 0 Å². The second-order valence-corrected chi connectivity index (χ2v) is 5.85. The zero-order valence-corrected chi connectivity index (χ0v) is 14.0. The zero-order chi connectivity index (χ0) is 11.7. The van der Waals surface area contributed by atoms with Gasteiger partial charge in [0.25, 0.3) is 0 Å². The highest BCUT2D eigenvalue weighted by atomic mass is 79.9. The van der Waals surface area contributed by atoms with E-state index in [0.717, 1.165) is 42.5 Å². The van der Waals surface area contributed by atoms with Crippen molar-refractivity contribution in [1.29, 1.82) is 0 Å². The predicted molar refractivity (Wildman–Crippen MR) is 85.4 cm³/mol. The van der Waals surface area contributed by atoms with E-state index in [1.807, 2.05) is 6.07 Å². The third-order valence-corrected chi connectivity index (χ3v) is 4.45. The minimum Gasteiger partial charge on any atom is -0.453 e. The van der Waals surface area contributed by atoms with Gasteiger partial charge in [-0.3, -0.25) is 4.90 Å². The van der Waals surface area contributed by atoms with E-state index in [1.165, 1.54) is 19.3 Å². The van der Waals surface area contributed by atoms with Crippen LogP contribution in [0.1, 0.15) is 31.1 Å². The summed E-state index contributed by atoms with van der Waals surface area (Å²) in [5, 5.41) is 3.42. The van der Waals surface area contributed by atoms with Gasteiger partial charge in [0.15, 0.2) is 4.67 Å². The molecule has 1 N–H and O–H groups in total. The fourth-order valence-corrected chi connectivity index (χ4v) is 3.23. The van der Waals surface area contributed by atoms with Gasteiger partial charge in [-0.15, -0.1) is 24.8 Å². The van der Waals surface area contributed by atoms with Gasteiger partial charge in [0.05, 0.1) is 6.04 Å². The maximum absolute atomic E-state index is 5.81. The number of piperazine rings is 1. The highest BCUT2D eigenvalue weighted by Gasteiger charge is 2.35. The minimum atomic E-state index is 0. The number of nitrogens with zero attached hydrogens (tertiary/aromatic N) is 1. The summed E-state index contributed by atoms with van der Waals surface area (Å²) in [6.45, 7) is 4.48. The summed E-state index contributed by atoms with van der Waals surface area (Å²) >= 11 is 3.42. The molecular weight excluding hydrogens is 351 g/mol. The van der Waals surface area contributed by atoms with Crippen LogP contribution in [0.25, 0.3) is 0 Å². The van der Waals surface area contributed by atoms with Crippen LogP contribution in [-0.4, -0.2) is 31.1 Å². The molecule has 110 valence electrons. The third-order valence-electron chi connectivity index (χ3n) is 4.03. The van der Waals surface area contributed by atoms with E-state index in [0.29, 0.717) is 6.04 Å². The minimum absolute atomic E-state index is 0. The van der Waals surface area contributed by atoms with E-state index in [9.17, 15) is 0 Å². The lowest BCUT2D eigenvalue weighted by Crippen LogP contribution is -2.47. The van der Waals surface area contributed by atoms with Crippen LogP contribution in [0.3, 0.4) is 0 Å². The van der Waals surface area contributed by atoms with Gasteiger partial charge in [0.1, 0.15) is 5.76 Å². The summed E-state index contributed by atoms with van der Waals surface area (Å²) in [6, 6.07) is 4.65. The van der Waals surface area contributed by atoms with Crippen molar-refractivity contribution in [2.45, 2.75) is 25.3 Å². The van der Waals surface area contributed by atoms with E-state index in [-0.39, 0.29) is 24.8 Å². The monoisotopic (exact) mass is 370 g/mol. The molecule has 0 radical (unpaired) electrons. The lowest BCUT2D eigenvalue weighted by molar-refractivity contribution is 0.0678. The molecule has 0 spiro atoms. The molecule has 0 bridgehead atoms. The Morgan fingerprint density at radius 3 is 2.37 bits per heavy atom. The maximum atomic E-state index is 5.81. The van der Waals surface area contributed by atoms with Gasteiger partial charge in [-0.05, 0) is 46.8 Å². The number of hydrogen-bond acceptors (Lipinski definition) is 3. The number of nitrogens with one attached hydrogen (secondary N) is 1. The molecule has 0 amide bonds. The van der Waals surface area contributed by atoms with Gasteiger partial charge in [-0.1, -0.05) is 6.42 Å². The molecule has 0 unspecified atom stereocenters. The van der Waals surface area contributed by atoms with E-state index < -0.39 is 0 Å². The fourth-order valence-electron chi connectivity index (χ4n) is 2.91. The Morgan fingerprint density at radius 1 is 1.21 bits per heavy atom. The van der Waals surface area contributed by atoms with Crippen LogP contribution < -0.4 is 5.32 Å². The average molecular weight is 372 g/mol. The number of furan rings is 1. The van der Waals surface area contributed by atoms with Crippen molar-refractivity contribution >= 4 is 40.7 Å². The first-order chi connectivity index (χ1) is 8.34. The molecule has 1 saturated heterocycles. The highest BCUT2D eigenvalue weighted by Crippen LogP contribution is 2.42. The Morgan fingerprint density at radius 2 is 1.89 bits per heavy atom. The van der Waals surface area contributed by atoms with Crippen LogP contribution in [0, 0.1) is 5.92 Å². The topological polar surface area (TPSA) is 28.4 Å². The molecule has 2 fully saturated rings. The molecule has 1 aromatic rings. The maximum Gasteiger partial charge on any atom is 0.169 e. The average Bonchev–Trinajstić information content (AvgIpc) is 2.71. The van der Waals surface area contributed by atoms with Gasteiger partial charge >= 0.3 is 0 Å². The fraction of sp³-hybridized carbons (Fsp3) is 0.692. The molecule has 1 aliphatic heterocycles. The first-order valence-corrected chi connectivity index (χ1v) is 7.34. The summed E-state index contributed by atoms with van der Waals surface area (Å²) in [4.78, 5) is 2.59. The van der Waals surface area contributed by atoms with Crippen LogP contribution >= 0.6 is 40.7 Å². The van der Waals surface area contributed by atoms with Gasteiger partial charge in [-0.25, -0.2) is 0 Å². The molecule has 1 atom stereocenters. The lowest BCUT2D eigenvalue weighted by atomic mass is 9.78. The highest BCUT2D eigenvalue weighted by molar-refractivity contribution is 9.10. The zero-order valence-electron chi connectivity index (χ0n) is 10.8. The largest absolute Gasteiger partial charge is 0.453 e. The van der Waals surface area contributed by atoms with Gasteiger partial charge < -0.3 is 9.73 Å². The second kappa shape index (κ2) is 7.89. The smallest absolute Gasteiger partial charge is 0.169 e. The van der Waals surface area contributed by atoms with Crippen molar-refractivity contribution in [2.24, 2.45) is 5.92 Å². The first-order valence-electron chi connectivity index (χ1n) is 6.54. The molecule has 19 heavy (non-hydrogen) atoms. The summed E-state index contributed by atoms with van der Waals surface area (Å²) in [6.07, 6.45) is 4.09. The Hall–Kier alpha value is 0.260. The van der Waals surface area contributed by atoms with Crippen molar-refractivity contribution < 1.29 is 4.42 Å². The normalized spacial score (nSPS) is 21.9. The summed E-state index contributed by atoms with van der Waals surface area (Å²) in [7, 11) is 0. The van der Waals surface area contributed by atoms with Gasteiger partial charge in [-0.2, -0.15) is 0 Å². The van der Waals surface area contributed by atoms with Crippen LogP contribution in [0.2, 0.25) is 0 Å². The van der Waals surface area contributed by atoms with Crippen LogP contribution in [0.15, 0.2) is 21.2 Å². The standard InChI is InChI=1S/C13H19BrN2O.2ClH/c14-12-5-4-11(17-12)13(10-2-1-3-10)16-8-6-15-7-9-16;;/h4-5,10,13,15H,1-3,6-9H2;2*1H/t13-;;/m1../s1. The van der Waals surface area contributed by atoms with E-state index in [1.54, 1.807) is 0 Å². The van der Waals surface area contributed by atoms with Crippen molar-refractivity contribution in [3.63, 3.8) is 0 Å². The quantitative estimate of drug-likeness (QED) is 0.879. The molecule has 2 aliphatic rings. The van der Waals surface area contributed by atoms with E-state index >= 15 is 0 Å². The molecule has 1 aromatic heterocycles. The van der Waals surface area contributed by atoms with Crippen molar-refractivity contribution in [3.8, 4) is 0 Å². The van der Waals surface area contributed by atoms with Crippen molar-refractivity contribution in [3.05, 3.63) is 22.6 Å². The SMILES string of the molecule is Brc1ccc([C@@H](C2CCC2)N2CCNCC2)o1.Cl.Cl. The number of halogens is 3. The molecular formula is C13H21BrCl2N2O. The van der Waals surface area contributed by atoms with Crippen molar-refractivity contribution in [2.75, 3.05) is 26.2 Å². The van der Waals surface area contributed by atoms with Crippen LogP contribution in [0.5, 0.6) is 0 Å². The van der Waals surface area contributed by atoms with E-state index in [4.69, 9.17) is 4.42 Å². The second-order valence-electron chi connectivity index (χ2n) is 5.06. The Bertz CT molecular complexity index is 378. The van der Waals surface area contributed by atoms with Gasteiger partial charge in [0, 0.05) is 26.2 Å². The molecule has 1 aliphatic carbocycles. The lowest BCUT2D eigenvalue weighted by Gasteiger charge is -2.41.